The summed E-state index contributed by atoms with van der Waals surface area (Å²) in [6, 6.07) is 16.9. The Hall–Kier alpha value is -4.24. The molecule has 190 valence electrons. The van der Waals surface area contributed by atoms with Crippen molar-refractivity contribution in [2.24, 2.45) is 0 Å². The summed E-state index contributed by atoms with van der Waals surface area (Å²) in [6.07, 6.45) is 3.37. The molecule has 1 saturated heterocycles. The van der Waals surface area contributed by atoms with E-state index in [4.69, 9.17) is 9.47 Å². The van der Waals surface area contributed by atoms with E-state index < -0.39 is 5.97 Å². The zero-order valence-corrected chi connectivity index (χ0v) is 20.4. The number of esters is 1. The van der Waals surface area contributed by atoms with Crippen LogP contribution in [-0.4, -0.2) is 41.2 Å². The quantitative estimate of drug-likeness (QED) is 0.329. The molecule has 1 atom stereocenters. The molecule has 2 aromatic carbocycles. The molecular formula is C28H27FN4O4. The number of hydrogen-bond acceptors (Lipinski definition) is 6. The van der Waals surface area contributed by atoms with Gasteiger partial charge in [-0.3, -0.25) is 4.79 Å². The fourth-order valence-electron chi connectivity index (χ4n) is 4.55. The van der Waals surface area contributed by atoms with Crippen LogP contribution in [0, 0.1) is 5.82 Å². The van der Waals surface area contributed by atoms with Crippen LogP contribution < -0.4 is 10.6 Å². The third kappa shape index (κ3) is 5.31. The molecule has 2 aromatic heterocycles. The zero-order chi connectivity index (χ0) is 25.8. The molecule has 3 heterocycles. The number of pyridine rings is 1. The van der Waals surface area contributed by atoms with Crippen molar-refractivity contribution in [1.82, 2.24) is 9.55 Å². The minimum Gasteiger partial charge on any atom is -0.464 e. The minimum atomic E-state index is -0.589. The Bertz CT molecular complexity index is 1430. The Balaban J connectivity index is 1.57. The molecule has 9 heteroatoms. The molecular weight excluding hydrogens is 475 g/mol. The highest BCUT2D eigenvalue weighted by Crippen LogP contribution is 2.34. The molecule has 1 unspecified atom stereocenters. The second kappa shape index (κ2) is 10.8. The van der Waals surface area contributed by atoms with Crippen molar-refractivity contribution >= 4 is 34.3 Å². The van der Waals surface area contributed by atoms with Gasteiger partial charge in [0.05, 0.1) is 37.3 Å². The van der Waals surface area contributed by atoms with Crippen LogP contribution in [0.3, 0.4) is 0 Å². The van der Waals surface area contributed by atoms with E-state index in [1.165, 1.54) is 19.2 Å². The van der Waals surface area contributed by atoms with Gasteiger partial charge >= 0.3 is 5.97 Å². The van der Waals surface area contributed by atoms with E-state index >= 15 is 0 Å². The van der Waals surface area contributed by atoms with Gasteiger partial charge in [-0.2, -0.15) is 0 Å². The maximum atomic E-state index is 13.6. The lowest BCUT2D eigenvalue weighted by Crippen LogP contribution is -2.21. The number of methoxy groups -OCH3 is 1. The fourth-order valence-corrected chi connectivity index (χ4v) is 4.55. The summed E-state index contributed by atoms with van der Waals surface area (Å²) in [5.74, 6) is -1.26. The number of nitrogens with one attached hydrogen (secondary N) is 2. The highest BCUT2D eigenvalue weighted by atomic mass is 19.1. The summed E-state index contributed by atoms with van der Waals surface area (Å²) < 4.78 is 26.3. The lowest BCUT2D eigenvalue weighted by atomic mass is 10.2. The van der Waals surface area contributed by atoms with Crippen molar-refractivity contribution in [3.8, 4) is 0 Å². The van der Waals surface area contributed by atoms with Gasteiger partial charge in [-0.15, -0.1) is 0 Å². The topological polar surface area (TPSA) is 94.5 Å². The molecule has 0 radical (unpaired) electrons. The molecule has 1 amide bonds. The number of benzene rings is 2. The van der Waals surface area contributed by atoms with Crippen LogP contribution in [0.2, 0.25) is 0 Å². The number of nitrogens with zero attached hydrogens (tertiary/aromatic N) is 2. The molecule has 1 fully saturated rings. The number of carbonyl (C=O) groups excluding carboxylic acids is 2. The van der Waals surface area contributed by atoms with Crippen molar-refractivity contribution in [3.63, 3.8) is 0 Å². The summed E-state index contributed by atoms with van der Waals surface area (Å²) in [4.78, 5) is 30.8. The van der Waals surface area contributed by atoms with Crippen molar-refractivity contribution in [2.45, 2.75) is 32.0 Å². The second-order valence-electron chi connectivity index (χ2n) is 8.86. The molecule has 1 aliphatic rings. The van der Waals surface area contributed by atoms with Crippen molar-refractivity contribution in [1.29, 1.82) is 0 Å². The van der Waals surface area contributed by atoms with Crippen LogP contribution in [-0.2, 0) is 22.6 Å². The molecule has 37 heavy (non-hydrogen) atoms. The van der Waals surface area contributed by atoms with Gasteiger partial charge < -0.3 is 24.7 Å². The van der Waals surface area contributed by atoms with Gasteiger partial charge in [-0.05, 0) is 48.7 Å². The molecule has 8 nitrogen and oxygen atoms in total. The number of carbonyl (C=O) groups is 2. The normalized spacial score (nSPS) is 15.0. The molecule has 0 aliphatic carbocycles. The van der Waals surface area contributed by atoms with E-state index in [-0.39, 0.29) is 23.5 Å². The SMILES string of the molecule is COC(=O)c1c(NC(=O)c2ccccc2)c2cc(NCc3cccc(F)c3)cnc2n1CC1CCCO1. The Morgan fingerprint density at radius 1 is 1.16 bits per heavy atom. The first-order chi connectivity index (χ1) is 18.0. The molecule has 4 aromatic rings. The van der Waals surface area contributed by atoms with Crippen LogP contribution >= 0.6 is 0 Å². The van der Waals surface area contributed by atoms with Gasteiger partial charge in [0, 0.05) is 24.1 Å². The maximum absolute atomic E-state index is 13.6. The third-order valence-electron chi connectivity index (χ3n) is 6.35. The van der Waals surface area contributed by atoms with Crippen LogP contribution in [0.1, 0.15) is 39.3 Å². The number of halogens is 1. The average Bonchev–Trinajstić information content (AvgIpc) is 3.54. The standard InChI is InChI=1S/C28H27FN4O4/c1-36-28(35)25-24(32-27(34)19-8-3-2-4-9-19)23-14-21(30-15-18-7-5-10-20(29)13-18)16-31-26(23)33(25)17-22-11-6-12-37-22/h2-5,7-10,13-14,16,22,30H,6,11-12,15,17H2,1H3,(H,32,34). The van der Waals surface area contributed by atoms with E-state index in [0.717, 1.165) is 18.4 Å². The Kier molecular flexibility index (Phi) is 7.14. The van der Waals surface area contributed by atoms with Gasteiger partial charge in [0.25, 0.3) is 5.91 Å². The highest BCUT2D eigenvalue weighted by molar-refractivity contribution is 6.14. The first kappa shape index (κ1) is 24.5. The monoisotopic (exact) mass is 502 g/mol. The summed E-state index contributed by atoms with van der Waals surface area (Å²) in [5.41, 5.74) is 2.91. The number of fused-ring (bicyclic) bond motifs is 1. The largest absolute Gasteiger partial charge is 0.464 e. The number of aromatic nitrogens is 2. The van der Waals surface area contributed by atoms with E-state index in [2.05, 4.69) is 15.6 Å². The van der Waals surface area contributed by atoms with Crippen LogP contribution in [0.15, 0.2) is 66.9 Å². The first-order valence-corrected chi connectivity index (χ1v) is 12.1. The predicted molar refractivity (Wildman–Crippen MR) is 138 cm³/mol. The summed E-state index contributed by atoms with van der Waals surface area (Å²) in [7, 11) is 1.30. The first-order valence-electron chi connectivity index (χ1n) is 12.1. The van der Waals surface area contributed by atoms with Gasteiger partial charge in [0.1, 0.15) is 11.5 Å². The molecule has 0 saturated carbocycles. The van der Waals surface area contributed by atoms with Gasteiger partial charge in [0.2, 0.25) is 0 Å². The van der Waals surface area contributed by atoms with Crippen LogP contribution in [0.4, 0.5) is 15.8 Å². The molecule has 1 aliphatic heterocycles. The summed E-state index contributed by atoms with van der Waals surface area (Å²) >= 11 is 0. The maximum Gasteiger partial charge on any atom is 0.356 e. The Morgan fingerprint density at radius 3 is 2.73 bits per heavy atom. The summed E-state index contributed by atoms with van der Waals surface area (Å²) in [5, 5.41) is 6.74. The fraction of sp³-hybridized carbons (Fsp3) is 0.250. The second-order valence-corrected chi connectivity index (χ2v) is 8.86. The number of hydrogen-bond donors (Lipinski definition) is 2. The van der Waals surface area contributed by atoms with Crippen LogP contribution in [0.25, 0.3) is 11.0 Å². The van der Waals surface area contributed by atoms with Gasteiger partial charge in [-0.25, -0.2) is 14.2 Å². The number of ether oxygens (including phenoxy) is 2. The smallest absolute Gasteiger partial charge is 0.356 e. The lowest BCUT2D eigenvalue weighted by Gasteiger charge is -2.14. The highest BCUT2D eigenvalue weighted by Gasteiger charge is 2.29. The average molecular weight is 503 g/mol. The molecule has 5 rings (SSSR count). The minimum absolute atomic E-state index is 0.0794. The Morgan fingerprint density at radius 2 is 2.00 bits per heavy atom. The van der Waals surface area contributed by atoms with Crippen molar-refractivity contribution in [2.75, 3.05) is 24.4 Å². The Labute approximate surface area is 213 Å². The predicted octanol–water partition coefficient (Wildman–Crippen LogP) is 5.01. The summed E-state index contributed by atoms with van der Waals surface area (Å²) in [6.45, 7) is 1.43. The van der Waals surface area contributed by atoms with Crippen molar-refractivity contribution < 1.29 is 23.5 Å². The van der Waals surface area contributed by atoms with Gasteiger partial charge in [0.15, 0.2) is 5.69 Å². The number of rotatable bonds is 8. The lowest BCUT2D eigenvalue weighted by molar-refractivity contribution is 0.0580. The molecule has 0 bridgehead atoms. The van der Waals surface area contributed by atoms with Crippen LogP contribution in [0.5, 0.6) is 0 Å². The zero-order valence-electron chi connectivity index (χ0n) is 20.4. The van der Waals surface area contributed by atoms with E-state index in [1.807, 2.05) is 18.2 Å². The molecule has 0 spiro atoms. The van der Waals surface area contributed by atoms with Crippen molar-refractivity contribution in [3.05, 3.63) is 89.5 Å². The third-order valence-corrected chi connectivity index (χ3v) is 6.35. The molecule has 2 N–H and O–H groups in total. The van der Waals surface area contributed by atoms with E-state index in [0.29, 0.717) is 47.7 Å². The van der Waals surface area contributed by atoms with E-state index in [9.17, 15) is 14.0 Å². The number of anilines is 2. The number of amides is 1. The van der Waals surface area contributed by atoms with Gasteiger partial charge in [-0.1, -0.05) is 30.3 Å². The van der Waals surface area contributed by atoms with E-state index in [1.54, 1.807) is 41.1 Å².